The number of hydrogen-bond acceptors (Lipinski definition) is 6. The van der Waals surface area contributed by atoms with Crippen LogP contribution in [0.4, 0.5) is 19.9 Å². The van der Waals surface area contributed by atoms with Gasteiger partial charge >= 0.3 is 6.03 Å². The number of hydrogen-bond donors (Lipinski definition) is 4. The van der Waals surface area contributed by atoms with Gasteiger partial charge in [-0.15, -0.1) is 16.4 Å². The number of aromatic amines is 1. The highest BCUT2D eigenvalue weighted by atomic mass is 35.5. The van der Waals surface area contributed by atoms with Crippen LogP contribution in [0.5, 0.6) is 0 Å². The second-order valence-corrected chi connectivity index (χ2v) is 9.34. The maximum Gasteiger partial charge on any atom is 0.324 e. The Labute approximate surface area is 206 Å². The molecule has 4 aromatic rings. The Kier molecular flexibility index (Phi) is 5.83. The number of thiophene rings is 1. The van der Waals surface area contributed by atoms with Crippen molar-refractivity contribution in [3.8, 4) is 0 Å². The van der Waals surface area contributed by atoms with E-state index in [4.69, 9.17) is 17.3 Å². The lowest BCUT2D eigenvalue weighted by Gasteiger charge is -2.27. The number of amides is 4. The Balaban J connectivity index is 1.36. The number of rotatable bonds is 4. The first kappa shape index (κ1) is 22.7. The van der Waals surface area contributed by atoms with Gasteiger partial charge in [0.25, 0.3) is 11.8 Å². The van der Waals surface area contributed by atoms with Gasteiger partial charge < -0.3 is 16.0 Å². The Morgan fingerprint density at radius 2 is 2.00 bits per heavy atom. The Hall–Kier alpha value is -4.03. The van der Waals surface area contributed by atoms with Gasteiger partial charge in [0.05, 0.1) is 23.3 Å². The van der Waals surface area contributed by atoms with E-state index in [-0.39, 0.29) is 33.7 Å². The monoisotopic (exact) mass is 513 g/mol. The predicted octanol–water partition coefficient (Wildman–Crippen LogP) is 3.75. The van der Waals surface area contributed by atoms with E-state index in [9.17, 15) is 18.8 Å². The molecule has 0 aliphatic carbocycles. The zero-order valence-electron chi connectivity index (χ0n) is 17.9. The van der Waals surface area contributed by atoms with Crippen molar-refractivity contribution in [3.05, 3.63) is 68.8 Å². The van der Waals surface area contributed by atoms with Gasteiger partial charge in [-0.3, -0.25) is 20.0 Å². The number of carbonyl (C=O) groups excluding carboxylic acids is 3. The molecule has 3 heterocycles. The SMILES string of the molecule is NC(=O)c1c(NC(=O)Nc2ccc(Cl)cc2F)sc2c1CCN(C(=O)c1ccc3[nH]nnc3c1)C2. The van der Waals surface area contributed by atoms with Crippen molar-refractivity contribution in [3.63, 3.8) is 0 Å². The van der Waals surface area contributed by atoms with E-state index in [0.29, 0.717) is 29.6 Å². The average molecular weight is 514 g/mol. The molecule has 0 unspecified atom stereocenters. The van der Waals surface area contributed by atoms with Gasteiger partial charge in [-0.05, 0) is 48.4 Å². The molecule has 5 rings (SSSR count). The summed E-state index contributed by atoms with van der Waals surface area (Å²) < 4.78 is 14.0. The second kappa shape index (κ2) is 8.96. The van der Waals surface area contributed by atoms with Gasteiger partial charge in [0.15, 0.2) is 0 Å². The fraction of sp³-hybridized carbons (Fsp3) is 0.136. The summed E-state index contributed by atoms with van der Waals surface area (Å²) in [6, 6.07) is 8.17. The summed E-state index contributed by atoms with van der Waals surface area (Å²) in [7, 11) is 0. The molecule has 35 heavy (non-hydrogen) atoms. The molecular weight excluding hydrogens is 497 g/mol. The van der Waals surface area contributed by atoms with E-state index >= 15 is 0 Å². The average Bonchev–Trinajstić information content (AvgIpc) is 3.43. The number of primary amides is 1. The standard InChI is InChI=1S/C22H17ClFN7O3S/c23-11-2-4-14(13(24)8-11)26-22(34)27-20-18(19(25)32)12-5-6-31(9-17(12)35-20)21(33)10-1-3-15-16(7-10)29-30-28-15/h1-4,7-8H,5-6,9H2,(H2,25,32)(H2,26,27,34)(H,28,29,30). The normalized spacial score (nSPS) is 12.9. The minimum atomic E-state index is -0.749. The van der Waals surface area contributed by atoms with Gasteiger partial charge in [-0.1, -0.05) is 16.8 Å². The molecule has 2 aromatic heterocycles. The van der Waals surface area contributed by atoms with Crippen LogP contribution in [0.1, 0.15) is 31.2 Å². The van der Waals surface area contributed by atoms with Gasteiger partial charge in [-0.2, -0.15) is 0 Å². The second-order valence-electron chi connectivity index (χ2n) is 7.80. The lowest BCUT2D eigenvalue weighted by Crippen LogP contribution is -2.36. The molecule has 1 aliphatic heterocycles. The topological polar surface area (TPSA) is 146 Å². The number of benzene rings is 2. The number of H-pyrrole nitrogens is 1. The summed E-state index contributed by atoms with van der Waals surface area (Å²) in [6.07, 6.45) is 0.386. The van der Waals surface area contributed by atoms with Gasteiger partial charge in [0, 0.05) is 22.0 Å². The quantitative estimate of drug-likeness (QED) is 0.328. The summed E-state index contributed by atoms with van der Waals surface area (Å²) in [5, 5.41) is 15.8. The summed E-state index contributed by atoms with van der Waals surface area (Å²) in [6.45, 7) is 0.604. The van der Waals surface area contributed by atoms with Gasteiger partial charge in [0.1, 0.15) is 16.3 Å². The minimum absolute atomic E-state index is 0.0744. The number of nitrogens with one attached hydrogen (secondary N) is 3. The number of fused-ring (bicyclic) bond motifs is 2. The van der Waals surface area contributed by atoms with Crippen molar-refractivity contribution in [1.82, 2.24) is 20.3 Å². The van der Waals surface area contributed by atoms with Gasteiger partial charge in [0.2, 0.25) is 0 Å². The number of carbonyl (C=O) groups is 3. The lowest BCUT2D eigenvalue weighted by molar-refractivity contribution is 0.0737. The third-order valence-corrected chi connectivity index (χ3v) is 6.94. The molecule has 0 spiro atoms. The lowest BCUT2D eigenvalue weighted by atomic mass is 10.0. The first-order chi connectivity index (χ1) is 16.8. The molecule has 4 amide bonds. The number of anilines is 2. The van der Waals surface area contributed by atoms with E-state index < -0.39 is 17.8 Å². The number of urea groups is 1. The smallest absolute Gasteiger partial charge is 0.324 e. The number of halogens is 2. The van der Waals surface area contributed by atoms with Crippen LogP contribution in [0, 0.1) is 5.82 Å². The van der Waals surface area contributed by atoms with Crippen LogP contribution in [0.3, 0.4) is 0 Å². The fourth-order valence-corrected chi connectivity index (χ4v) is 5.35. The zero-order valence-corrected chi connectivity index (χ0v) is 19.5. The summed E-state index contributed by atoms with van der Waals surface area (Å²) in [4.78, 5) is 40.2. The van der Waals surface area contributed by atoms with E-state index in [1.165, 1.54) is 12.1 Å². The first-order valence-corrected chi connectivity index (χ1v) is 11.6. The number of aromatic nitrogens is 3. The minimum Gasteiger partial charge on any atom is -0.365 e. The molecule has 0 fully saturated rings. The van der Waals surface area contributed by atoms with Crippen LogP contribution < -0.4 is 16.4 Å². The van der Waals surface area contributed by atoms with Crippen molar-refractivity contribution in [2.75, 3.05) is 17.2 Å². The maximum atomic E-state index is 14.0. The van der Waals surface area contributed by atoms with Crippen molar-refractivity contribution in [2.24, 2.45) is 5.73 Å². The summed E-state index contributed by atoms with van der Waals surface area (Å²) in [5.41, 5.74) is 8.17. The molecular formula is C22H17ClFN7O3S. The van der Waals surface area contributed by atoms with Crippen molar-refractivity contribution < 1.29 is 18.8 Å². The zero-order chi connectivity index (χ0) is 24.7. The van der Waals surface area contributed by atoms with Gasteiger partial charge in [-0.25, -0.2) is 9.18 Å². The van der Waals surface area contributed by atoms with Crippen LogP contribution in [-0.2, 0) is 13.0 Å². The third kappa shape index (κ3) is 4.40. The fourth-order valence-electron chi connectivity index (χ4n) is 3.93. The molecule has 0 saturated heterocycles. The Bertz CT molecular complexity index is 1500. The van der Waals surface area contributed by atoms with Crippen LogP contribution in [0.25, 0.3) is 11.0 Å². The molecule has 2 aromatic carbocycles. The molecule has 0 saturated carbocycles. The highest BCUT2D eigenvalue weighted by Crippen LogP contribution is 2.37. The number of nitrogens with zero attached hydrogens (tertiary/aromatic N) is 3. The van der Waals surface area contributed by atoms with Crippen LogP contribution >= 0.6 is 22.9 Å². The van der Waals surface area contributed by atoms with E-state index in [1.54, 1.807) is 23.1 Å². The highest BCUT2D eigenvalue weighted by Gasteiger charge is 2.30. The predicted molar refractivity (Wildman–Crippen MR) is 129 cm³/mol. The van der Waals surface area contributed by atoms with Crippen LogP contribution in [0.15, 0.2) is 36.4 Å². The van der Waals surface area contributed by atoms with Crippen molar-refractivity contribution >= 4 is 62.5 Å². The molecule has 13 heteroatoms. The summed E-state index contributed by atoms with van der Waals surface area (Å²) >= 11 is 6.88. The largest absolute Gasteiger partial charge is 0.365 e. The molecule has 10 nitrogen and oxygen atoms in total. The number of nitrogens with two attached hydrogens (primary N) is 1. The molecule has 0 radical (unpaired) electrons. The van der Waals surface area contributed by atoms with E-state index in [0.717, 1.165) is 27.8 Å². The molecule has 1 aliphatic rings. The highest BCUT2D eigenvalue weighted by molar-refractivity contribution is 7.17. The molecule has 0 atom stereocenters. The molecule has 5 N–H and O–H groups in total. The maximum absolute atomic E-state index is 14.0. The van der Waals surface area contributed by atoms with E-state index in [2.05, 4.69) is 26.0 Å². The molecule has 0 bridgehead atoms. The van der Waals surface area contributed by atoms with Crippen LogP contribution in [-0.4, -0.2) is 44.7 Å². The third-order valence-electron chi connectivity index (χ3n) is 5.57. The Morgan fingerprint density at radius 3 is 2.77 bits per heavy atom. The van der Waals surface area contributed by atoms with Crippen LogP contribution in [0.2, 0.25) is 5.02 Å². The van der Waals surface area contributed by atoms with E-state index in [1.807, 2.05) is 0 Å². The van der Waals surface area contributed by atoms with Crippen molar-refractivity contribution in [2.45, 2.75) is 13.0 Å². The Morgan fingerprint density at radius 1 is 1.17 bits per heavy atom. The molecule has 178 valence electrons. The first-order valence-electron chi connectivity index (χ1n) is 10.4. The van der Waals surface area contributed by atoms with Crippen molar-refractivity contribution in [1.29, 1.82) is 0 Å². The summed E-state index contributed by atoms with van der Waals surface area (Å²) in [5.74, 6) is -1.60.